The van der Waals surface area contributed by atoms with Gasteiger partial charge in [-0.25, -0.2) is 9.97 Å². The van der Waals surface area contributed by atoms with Gasteiger partial charge in [0.25, 0.3) is 0 Å². The molecule has 0 saturated carbocycles. The quantitative estimate of drug-likeness (QED) is 0.837. The molecule has 0 radical (unpaired) electrons. The maximum atomic E-state index is 12.6. The smallest absolute Gasteiger partial charge is 0.227 e. The number of anilines is 3. The number of carbonyl (C=O) groups is 1. The summed E-state index contributed by atoms with van der Waals surface area (Å²) in [5.41, 5.74) is 1.85. The molecule has 29 heavy (non-hydrogen) atoms. The Morgan fingerprint density at radius 1 is 0.966 bits per heavy atom. The van der Waals surface area contributed by atoms with Gasteiger partial charge >= 0.3 is 0 Å². The van der Waals surface area contributed by atoms with Crippen molar-refractivity contribution in [2.75, 3.05) is 48.4 Å². The van der Waals surface area contributed by atoms with E-state index in [9.17, 15) is 4.79 Å². The molecule has 2 aromatic rings. The zero-order valence-corrected chi connectivity index (χ0v) is 17.0. The van der Waals surface area contributed by atoms with Crippen molar-refractivity contribution in [3.8, 4) is 5.75 Å². The van der Waals surface area contributed by atoms with Crippen LogP contribution in [0.25, 0.3) is 0 Å². The Bertz CT molecular complexity index is 795. The molecule has 0 bridgehead atoms. The highest BCUT2D eigenvalue weighted by molar-refractivity contribution is 5.92. The van der Waals surface area contributed by atoms with E-state index in [1.807, 2.05) is 36.7 Å². The number of methoxy groups -OCH3 is 1. The molecule has 2 aliphatic rings. The summed E-state index contributed by atoms with van der Waals surface area (Å²) in [4.78, 5) is 26.3. The zero-order chi connectivity index (χ0) is 20.1. The summed E-state index contributed by atoms with van der Waals surface area (Å²) in [6, 6.07) is 7.44. The lowest BCUT2D eigenvalue weighted by Crippen LogP contribution is -2.38. The van der Waals surface area contributed by atoms with Crippen LogP contribution >= 0.6 is 0 Å². The molecule has 2 aliphatic heterocycles. The van der Waals surface area contributed by atoms with Gasteiger partial charge in [0, 0.05) is 37.8 Å². The van der Waals surface area contributed by atoms with Gasteiger partial charge in [-0.05, 0) is 56.4 Å². The maximum Gasteiger partial charge on any atom is 0.227 e. The number of aromatic nitrogens is 2. The Labute approximate surface area is 172 Å². The standard InChI is InChI=1S/C22H29N5O2/c1-29-20-7-5-18(6-8-20)25-21(28)17-9-13-26(14-10-17)19-15-23-22(24-16-19)27-11-3-2-4-12-27/h5-8,15-17H,2-4,9-14H2,1H3,(H,25,28). The summed E-state index contributed by atoms with van der Waals surface area (Å²) in [7, 11) is 1.63. The monoisotopic (exact) mass is 395 g/mol. The second-order valence-corrected chi connectivity index (χ2v) is 7.77. The molecule has 1 N–H and O–H groups in total. The van der Waals surface area contributed by atoms with Gasteiger partial charge in [-0.15, -0.1) is 0 Å². The highest BCUT2D eigenvalue weighted by Gasteiger charge is 2.25. The summed E-state index contributed by atoms with van der Waals surface area (Å²) in [6.07, 6.45) is 9.25. The van der Waals surface area contributed by atoms with Crippen molar-refractivity contribution in [1.29, 1.82) is 0 Å². The number of piperidine rings is 2. The molecule has 2 saturated heterocycles. The lowest BCUT2D eigenvalue weighted by molar-refractivity contribution is -0.120. The average molecular weight is 396 g/mol. The Morgan fingerprint density at radius 2 is 1.62 bits per heavy atom. The lowest BCUT2D eigenvalue weighted by Gasteiger charge is -2.33. The maximum absolute atomic E-state index is 12.6. The van der Waals surface area contributed by atoms with Gasteiger partial charge in [0.15, 0.2) is 0 Å². The van der Waals surface area contributed by atoms with E-state index in [1.54, 1.807) is 7.11 Å². The number of hydrogen-bond acceptors (Lipinski definition) is 6. The zero-order valence-electron chi connectivity index (χ0n) is 17.0. The van der Waals surface area contributed by atoms with E-state index in [2.05, 4.69) is 25.1 Å². The van der Waals surface area contributed by atoms with Gasteiger partial charge in [-0.1, -0.05) is 0 Å². The minimum Gasteiger partial charge on any atom is -0.497 e. The third-order valence-electron chi connectivity index (χ3n) is 5.85. The average Bonchev–Trinajstić information content (AvgIpc) is 2.80. The fourth-order valence-electron chi connectivity index (χ4n) is 4.05. The van der Waals surface area contributed by atoms with E-state index in [0.29, 0.717) is 0 Å². The predicted molar refractivity (Wildman–Crippen MR) is 115 cm³/mol. The van der Waals surface area contributed by atoms with Crippen LogP contribution in [0.15, 0.2) is 36.7 Å². The highest BCUT2D eigenvalue weighted by atomic mass is 16.5. The first-order valence-electron chi connectivity index (χ1n) is 10.5. The first-order chi connectivity index (χ1) is 14.2. The van der Waals surface area contributed by atoms with Crippen LogP contribution in [0.4, 0.5) is 17.3 Å². The number of carbonyl (C=O) groups excluding carboxylic acids is 1. The number of ether oxygens (including phenoxy) is 1. The Balaban J connectivity index is 1.28. The molecule has 0 aliphatic carbocycles. The van der Waals surface area contributed by atoms with Crippen molar-refractivity contribution in [2.45, 2.75) is 32.1 Å². The number of benzene rings is 1. The van der Waals surface area contributed by atoms with Gasteiger partial charge in [-0.3, -0.25) is 4.79 Å². The van der Waals surface area contributed by atoms with Crippen LogP contribution < -0.4 is 19.9 Å². The molecular formula is C22H29N5O2. The van der Waals surface area contributed by atoms with E-state index in [4.69, 9.17) is 4.74 Å². The van der Waals surface area contributed by atoms with Crippen LogP contribution in [0.2, 0.25) is 0 Å². The summed E-state index contributed by atoms with van der Waals surface area (Å²) in [5.74, 6) is 1.74. The molecule has 7 heteroatoms. The second-order valence-electron chi connectivity index (χ2n) is 7.77. The van der Waals surface area contributed by atoms with Crippen molar-refractivity contribution < 1.29 is 9.53 Å². The second kappa shape index (κ2) is 9.11. The topological polar surface area (TPSA) is 70.6 Å². The number of nitrogens with zero attached hydrogens (tertiary/aromatic N) is 4. The Morgan fingerprint density at radius 3 is 2.24 bits per heavy atom. The van der Waals surface area contributed by atoms with Crippen LogP contribution in [0.5, 0.6) is 5.75 Å². The van der Waals surface area contributed by atoms with Gasteiger partial charge in [-0.2, -0.15) is 0 Å². The summed E-state index contributed by atoms with van der Waals surface area (Å²) >= 11 is 0. The normalized spacial score (nSPS) is 17.8. The summed E-state index contributed by atoms with van der Waals surface area (Å²) in [5, 5.41) is 3.02. The molecule has 0 atom stereocenters. The van der Waals surface area contributed by atoms with Gasteiger partial charge in [0.05, 0.1) is 25.2 Å². The molecule has 2 fully saturated rings. The van der Waals surface area contributed by atoms with Crippen molar-refractivity contribution in [3.05, 3.63) is 36.7 Å². The first-order valence-corrected chi connectivity index (χ1v) is 10.5. The fraction of sp³-hybridized carbons (Fsp3) is 0.500. The van der Waals surface area contributed by atoms with Crippen molar-refractivity contribution in [2.24, 2.45) is 5.92 Å². The van der Waals surface area contributed by atoms with Crippen LogP contribution in [0.1, 0.15) is 32.1 Å². The van der Waals surface area contributed by atoms with Crippen LogP contribution in [0, 0.1) is 5.92 Å². The largest absolute Gasteiger partial charge is 0.497 e. The Kier molecular flexibility index (Phi) is 6.12. The molecule has 0 spiro atoms. The van der Waals surface area contributed by atoms with Crippen LogP contribution in [-0.4, -0.2) is 49.2 Å². The number of rotatable bonds is 5. The van der Waals surface area contributed by atoms with Gasteiger partial charge in [0.1, 0.15) is 5.75 Å². The van der Waals surface area contributed by atoms with Crippen molar-refractivity contribution in [3.63, 3.8) is 0 Å². The molecule has 3 heterocycles. The number of amides is 1. The van der Waals surface area contributed by atoms with Gasteiger partial charge in [0.2, 0.25) is 11.9 Å². The SMILES string of the molecule is COc1ccc(NC(=O)C2CCN(c3cnc(N4CCCCC4)nc3)CC2)cc1. The fourth-order valence-corrected chi connectivity index (χ4v) is 4.05. The lowest BCUT2D eigenvalue weighted by atomic mass is 9.95. The minimum atomic E-state index is 0.0295. The molecule has 1 aromatic carbocycles. The molecular weight excluding hydrogens is 366 g/mol. The van der Waals surface area contributed by atoms with Gasteiger partial charge < -0.3 is 19.9 Å². The summed E-state index contributed by atoms with van der Waals surface area (Å²) in [6.45, 7) is 3.78. The molecule has 4 rings (SSSR count). The van der Waals surface area contributed by atoms with E-state index in [-0.39, 0.29) is 11.8 Å². The highest BCUT2D eigenvalue weighted by Crippen LogP contribution is 2.25. The summed E-state index contributed by atoms with van der Waals surface area (Å²) < 4.78 is 5.15. The van der Waals surface area contributed by atoms with Crippen LogP contribution in [0.3, 0.4) is 0 Å². The minimum absolute atomic E-state index is 0.0295. The Hall–Kier alpha value is -2.83. The molecule has 154 valence electrons. The molecule has 1 aromatic heterocycles. The molecule has 0 unspecified atom stereocenters. The van der Waals surface area contributed by atoms with Crippen LogP contribution in [-0.2, 0) is 4.79 Å². The molecule has 7 nitrogen and oxygen atoms in total. The van der Waals surface area contributed by atoms with E-state index in [0.717, 1.165) is 62.1 Å². The van der Waals surface area contributed by atoms with Crippen molar-refractivity contribution >= 4 is 23.2 Å². The van der Waals surface area contributed by atoms with E-state index in [1.165, 1.54) is 19.3 Å². The number of hydrogen-bond donors (Lipinski definition) is 1. The molecule has 1 amide bonds. The third-order valence-corrected chi connectivity index (χ3v) is 5.85. The third kappa shape index (κ3) is 4.78. The van der Waals surface area contributed by atoms with Crippen molar-refractivity contribution in [1.82, 2.24) is 9.97 Å². The first kappa shape index (κ1) is 19.5. The predicted octanol–water partition coefficient (Wildman–Crippen LogP) is 3.33. The number of nitrogens with one attached hydrogen (secondary N) is 1. The van der Waals surface area contributed by atoms with E-state index >= 15 is 0 Å². The van der Waals surface area contributed by atoms with E-state index < -0.39 is 0 Å².